The number of nitrogens with zero attached hydrogens (tertiary/aromatic N) is 2. The lowest BCUT2D eigenvalue weighted by Gasteiger charge is -2.24. The van der Waals surface area contributed by atoms with Crippen LogP contribution in [0.3, 0.4) is 0 Å². The number of ether oxygens (including phenoxy) is 1. The highest BCUT2D eigenvalue weighted by molar-refractivity contribution is 5.27. The quantitative estimate of drug-likeness (QED) is 0.849. The number of likely N-dealkylation sites (N-methyl/N-ethyl adjacent to an activating group) is 1. The fraction of sp³-hybridized carbons (Fsp3) is 0.714. The third-order valence-electron chi connectivity index (χ3n) is 3.73. The number of hydrogen-bond acceptors (Lipinski definition) is 5. The second kappa shape index (κ2) is 6.30. The molecule has 1 aromatic rings. The average molecular weight is 264 g/mol. The van der Waals surface area contributed by atoms with Crippen molar-refractivity contribution in [2.24, 2.45) is 0 Å². The van der Waals surface area contributed by atoms with Gasteiger partial charge in [-0.15, -0.1) is 0 Å². The molecular formula is C14H24N4O. The zero-order valence-corrected chi connectivity index (χ0v) is 12.1. The first kappa shape index (κ1) is 14.2. The average Bonchev–Trinajstić information content (AvgIpc) is 2.47. The van der Waals surface area contributed by atoms with E-state index in [1.165, 1.54) is 5.56 Å². The van der Waals surface area contributed by atoms with Gasteiger partial charge in [0.05, 0.1) is 0 Å². The molecule has 0 radical (unpaired) electrons. The summed E-state index contributed by atoms with van der Waals surface area (Å²) in [5, 5.41) is 6.50. The third-order valence-corrected chi connectivity index (χ3v) is 3.73. The van der Waals surface area contributed by atoms with Crippen LogP contribution in [-0.4, -0.2) is 42.3 Å². The van der Waals surface area contributed by atoms with Gasteiger partial charge < -0.3 is 15.4 Å². The highest BCUT2D eigenvalue weighted by Gasteiger charge is 2.17. The summed E-state index contributed by atoms with van der Waals surface area (Å²) in [5.41, 5.74) is 1.25. The Morgan fingerprint density at radius 3 is 2.47 bits per heavy atom. The van der Waals surface area contributed by atoms with Gasteiger partial charge >= 0.3 is 0 Å². The fourth-order valence-corrected chi connectivity index (χ4v) is 2.06. The molecule has 0 unspecified atom stereocenters. The van der Waals surface area contributed by atoms with Crippen LogP contribution in [0.5, 0.6) is 0 Å². The van der Waals surface area contributed by atoms with Crippen LogP contribution >= 0.6 is 0 Å². The predicted octanol–water partition coefficient (Wildman–Crippen LogP) is 1.78. The van der Waals surface area contributed by atoms with Gasteiger partial charge in [0, 0.05) is 37.7 Å². The van der Waals surface area contributed by atoms with Crippen molar-refractivity contribution in [3.8, 4) is 0 Å². The summed E-state index contributed by atoms with van der Waals surface area (Å²) in [6, 6.07) is 0. The minimum Gasteiger partial charge on any atom is -0.381 e. The summed E-state index contributed by atoms with van der Waals surface area (Å²) in [4.78, 5) is 8.80. The van der Waals surface area contributed by atoms with Crippen LogP contribution < -0.4 is 10.6 Å². The standard InChI is InChI=1S/C14H24N4O/c1-14(2,15-3)10-18-13-16-8-12(9-17-13)11-4-6-19-7-5-11/h8-9,11,15H,4-7,10H2,1-3H3,(H,16,17,18). The lowest BCUT2D eigenvalue weighted by molar-refractivity contribution is 0.0852. The van der Waals surface area contributed by atoms with Crippen LogP contribution in [0, 0.1) is 0 Å². The Balaban J connectivity index is 1.91. The molecule has 0 aliphatic carbocycles. The minimum absolute atomic E-state index is 0.0305. The first-order valence-electron chi connectivity index (χ1n) is 6.93. The number of rotatable bonds is 5. The Labute approximate surface area is 115 Å². The first-order chi connectivity index (χ1) is 9.11. The molecular weight excluding hydrogens is 240 g/mol. The van der Waals surface area contributed by atoms with Crippen LogP contribution in [0.1, 0.15) is 38.2 Å². The summed E-state index contributed by atoms with van der Waals surface area (Å²) >= 11 is 0. The Kier molecular flexibility index (Phi) is 4.71. The summed E-state index contributed by atoms with van der Waals surface area (Å²) in [6.45, 7) is 6.76. The first-order valence-corrected chi connectivity index (χ1v) is 6.93. The van der Waals surface area contributed by atoms with Crippen molar-refractivity contribution in [3.63, 3.8) is 0 Å². The van der Waals surface area contributed by atoms with E-state index in [9.17, 15) is 0 Å². The second-order valence-electron chi connectivity index (χ2n) is 5.71. The summed E-state index contributed by atoms with van der Waals surface area (Å²) in [5.74, 6) is 1.25. The van der Waals surface area contributed by atoms with Crippen molar-refractivity contribution < 1.29 is 4.74 Å². The van der Waals surface area contributed by atoms with E-state index < -0.39 is 0 Å². The van der Waals surface area contributed by atoms with E-state index in [0.717, 1.165) is 32.6 Å². The summed E-state index contributed by atoms with van der Waals surface area (Å²) in [7, 11) is 1.96. The van der Waals surface area contributed by atoms with Gasteiger partial charge in [0.2, 0.25) is 5.95 Å². The van der Waals surface area contributed by atoms with Crippen LogP contribution in [0.2, 0.25) is 0 Å². The van der Waals surface area contributed by atoms with Crippen molar-refractivity contribution in [3.05, 3.63) is 18.0 Å². The normalized spacial score (nSPS) is 17.4. The molecule has 1 aromatic heterocycles. The highest BCUT2D eigenvalue weighted by atomic mass is 16.5. The van der Waals surface area contributed by atoms with E-state index >= 15 is 0 Å². The van der Waals surface area contributed by atoms with Gasteiger partial charge in [0.25, 0.3) is 0 Å². The maximum Gasteiger partial charge on any atom is 0.222 e. The molecule has 19 heavy (non-hydrogen) atoms. The Morgan fingerprint density at radius 1 is 1.26 bits per heavy atom. The zero-order chi connectivity index (χ0) is 13.7. The van der Waals surface area contributed by atoms with Gasteiger partial charge in [-0.25, -0.2) is 9.97 Å². The van der Waals surface area contributed by atoms with Gasteiger partial charge in [-0.3, -0.25) is 0 Å². The van der Waals surface area contributed by atoms with Crippen molar-refractivity contribution in [2.45, 2.75) is 38.1 Å². The predicted molar refractivity (Wildman–Crippen MR) is 76.5 cm³/mol. The van der Waals surface area contributed by atoms with Crippen LogP contribution in [0.25, 0.3) is 0 Å². The van der Waals surface area contributed by atoms with Gasteiger partial charge in [-0.2, -0.15) is 0 Å². The molecule has 2 N–H and O–H groups in total. The molecule has 1 aliphatic heterocycles. The molecule has 106 valence electrons. The lowest BCUT2D eigenvalue weighted by Crippen LogP contribution is -2.43. The van der Waals surface area contributed by atoms with E-state index in [0.29, 0.717) is 11.9 Å². The van der Waals surface area contributed by atoms with Crippen molar-refractivity contribution in [1.82, 2.24) is 15.3 Å². The number of anilines is 1. The molecule has 0 saturated carbocycles. The molecule has 0 bridgehead atoms. The summed E-state index contributed by atoms with van der Waals surface area (Å²) in [6.07, 6.45) is 6.03. The van der Waals surface area contributed by atoms with Gasteiger partial charge in [-0.05, 0) is 45.2 Å². The zero-order valence-electron chi connectivity index (χ0n) is 12.1. The Morgan fingerprint density at radius 2 is 1.89 bits per heavy atom. The number of nitrogens with one attached hydrogen (secondary N) is 2. The number of aromatic nitrogens is 2. The Bertz CT molecular complexity index is 385. The van der Waals surface area contributed by atoms with Crippen molar-refractivity contribution in [2.75, 3.05) is 32.1 Å². The molecule has 5 nitrogen and oxygen atoms in total. The second-order valence-corrected chi connectivity index (χ2v) is 5.71. The van der Waals surface area contributed by atoms with Gasteiger partial charge in [0.1, 0.15) is 0 Å². The van der Waals surface area contributed by atoms with Gasteiger partial charge in [-0.1, -0.05) is 0 Å². The largest absolute Gasteiger partial charge is 0.381 e. The van der Waals surface area contributed by atoms with E-state index in [2.05, 4.69) is 34.4 Å². The van der Waals surface area contributed by atoms with Gasteiger partial charge in [0.15, 0.2) is 0 Å². The van der Waals surface area contributed by atoms with E-state index in [4.69, 9.17) is 4.74 Å². The molecule has 2 heterocycles. The van der Waals surface area contributed by atoms with E-state index in [-0.39, 0.29) is 5.54 Å². The van der Waals surface area contributed by atoms with Crippen LogP contribution in [0.4, 0.5) is 5.95 Å². The molecule has 1 saturated heterocycles. The topological polar surface area (TPSA) is 59.1 Å². The van der Waals surface area contributed by atoms with Crippen LogP contribution in [-0.2, 0) is 4.74 Å². The van der Waals surface area contributed by atoms with Crippen LogP contribution in [0.15, 0.2) is 12.4 Å². The molecule has 0 spiro atoms. The lowest BCUT2D eigenvalue weighted by atomic mass is 9.94. The number of hydrogen-bond donors (Lipinski definition) is 2. The molecule has 0 atom stereocenters. The molecule has 1 fully saturated rings. The maximum atomic E-state index is 5.37. The SMILES string of the molecule is CNC(C)(C)CNc1ncc(C2CCOCC2)cn1. The highest BCUT2D eigenvalue weighted by Crippen LogP contribution is 2.25. The monoisotopic (exact) mass is 264 g/mol. The minimum atomic E-state index is 0.0305. The van der Waals surface area contributed by atoms with E-state index in [1.807, 2.05) is 19.4 Å². The smallest absolute Gasteiger partial charge is 0.222 e. The van der Waals surface area contributed by atoms with E-state index in [1.54, 1.807) is 0 Å². The molecule has 0 aromatic carbocycles. The molecule has 5 heteroatoms. The Hall–Kier alpha value is -1.20. The summed E-state index contributed by atoms with van der Waals surface area (Å²) < 4.78 is 5.37. The van der Waals surface area contributed by atoms with Crippen molar-refractivity contribution in [1.29, 1.82) is 0 Å². The molecule has 1 aliphatic rings. The fourth-order valence-electron chi connectivity index (χ4n) is 2.06. The maximum absolute atomic E-state index is 5.37. The van der Waals surface area contributed by atoms with Crippen molar-refractivity contribution >= 4 is 5.95 Å². The molecule has 0 amide bonds. The molecule has 2 rings (SSSR count). The third kappa shape index (κ3) is 4.14.